The van der Waals surface area contributed by atoms with Crippen molar-refractivity contribution in [2.75, 3.05) is 19.5 Å². The van der Waals surface area contributed by atoms with Gasteiger partial charge in [-0.15, -0.1) is 0 Å². The Kier molecular flexibility index (Phi) is 3.39. The Bertz CT molecular complexity index is 493. The first-order chi connectivity index (χ1) is 8.22. The van der Waals surface area contributed by atoms with Gasteiger partial charge in [0, 0.05) is 19.2 Å². The number of benzene rings is 1. The fourth-order valence-corrected chi connectivity index (χ4v) is 1.66. The summed E-state index contributed by atoms with van der Waals surface area (Å²) < 4.78 is 19.7. The van der Waals surface area contributed by atoms with Crippen LogP contribution in [0.1, 0.15) is 0 Å². The minimum Gasteiger partial charge on any atom is -0.383 e. The van der Waals surface area contributed by atoms with Crippen LogP contribution in [0, 0.1) is 5.82 Å². The lowest BCUT2D eigenvalue weighted by Gasteiger charge is -2.09. The Labute approximate surface area is 98.8 Å². The van der Waals surface area contributed by atoms with Gasteiger partial charge in [0.15, 0.2) is 0 Å². The Morgan fingerprint density at radius 3 is 2.71 bits per heavy atom. The third kappa shape index (κ3) is 2.45. The standard InChI is InChI=1S/C12H14FN3O/c1-17-7-6-16-11(8-15-12(16)14)9-2-4-10(13)5-3-9/h2-5,8H,6-7H2,1H3,(H2,14,15). The van der Waals surface area contributed by atoms with Crippen molar-refractivity contribution in [1.29, 1.82) is 0 Å². The highest BCUT2D eigenvalue weighted by Crippen LogP contribution is 2.22. The Morgan fingerprint density at radius 1 is 1.35 bits per heavy atom. The monoisotopic (exact) mass is 235 g/mol. The average molecular weight is 235 g/mol. The van der Waals surface area contributed by atoms with Crippen molar-refractivity contribution in [3.63, 3.8) is 0 Å². The summed E-state index contributed by atoms with van der Waals surface area (Å²) in [5.41, 5.74) is 7.51. The summed E-state index contributed by atoms with van der Waals surface area (Å²) in [7, 11) is 1.63. The highest BCUT2D eigenvalue weighted by atomic mass is 19.1. The molecule has 0 aliphatic rings. The van der Waals surface area contributed by atoms with Crippen molar-refractivity contribution in [3.05, 3.63) is 36.3 Å². The number of hydrogen-bond donors (Lipinski definition) is 1. The molecule has 0 aliphatic heterocycles. The van der Waals surface area contributed by atoms with Crippen molar-refractivity contribution in [3.8, 4) is 11.3 Å². The van der Waals surface area contributed by atoms with E-state index in [9.17, 15) is 4.39 Å². The van der Waals surface area contributed by atoms with E-state index in [0.717, 1.165) is 11.3 Å². The van der Waals surface area contributed by atoms with Crippen LogP contribution in [0.25, 0.3) is 11.3 Å². The minimum atomic E-state index is -0.260. The van der Waals surface area contributed by atoms with Crippen LogP contribution in [-0.4, -0.2) is 23.3 Å². The fraction of sp³-hybridized carbons (Fsp3) is 0.250. The number of nitrogens with two attached hydrogens (primary N) is 1. The molecule has 2 aromatic rings. The van der Waals surface area contributed by atoms with E-state index in [2.05, 4.69) is 4.98 Å². The van der Waals surface area contributed by atoms with E-state index >= 15 is 0 Å². The van der Waals surface area contributed by atoms with Gasteiger partial charge in [-0.2, -0.15) is 0 Å². The van der Waals surface area contributed by atoms with Crippen molar-refractivity contribution in [2.24, 2.45) is 0 Å². The maximum absolute atomic E-state index is 12.8. The summed E-state index contributed by atoms with van der Waals surface area (Å²) in [5, 5.41) is 0. The van der Waals surface area contributed by atoms with Crippen molar-refractivity contribution >= 4 is 5.95 Å². The van der Waals surface area contributed by atoms with E-state index in [1.807, 2.05) is 4.57 Å². The van der Waals surface area contributed by atoms with E-state index < -0.39 is 0 Å². The topological polar surface area (TPSA) is 53.1 Å². The zero-order chi connectivity index (χ0) is 12.3. The summed E-state index contributed by atoms with van der Waals surface area (Å²) in [4.78, 5) is 4.06. The molecule has 0 radical (unpaired) electrons. The van der Waals surface area contributed by atoms with Gasteiger partial charge in [-0.3, -0.25) is 0 Å². The molecule has 0 atom stereocenters. The molecule has 0 fully saturated rings. The molecule has 4 nitrogen and oxygen atoms in total. The molecule has 5 heteroatoms. The molecular formula is C12H14FN3O. The van der Waals surface area contributed by atoms with Crippen LogP contribution in [0.15, 0.2) is 30.5 Å². The smallest absolute Gasteiger partial charge is 0.200 e. The molecule has 0 bridgehead atoms. The fourth-order valence-electron chi connectivity index (χ4n) is 1.66. The Morgan fingerprint density at radius 2 is 2.06 bits per heavy atom. The molecule has 2 N–H and O–H groups in total. The second kappa shape index (κ2) is 4.97. The first-order valence-electron chi connectivity index (χ1n) is 5.28. The SMILES string of the molecule is COCCn1c(-c2ccc(F)cc2)cnc1N. The summed E-state index contributed by atoms with van der Waals surface area (Å²) in [5.74, 6) is 0.172. The van der Waals surface area contributed by atoms with Crippen molar-refractivity contribution in [1.82, 2.24) is 9.55 Å². The van der Waals surface area contributed by atoms with Crippen molar-refractivity contribution < 1.29 is 9.13 Å². The van der Waals surface area contributed by atoms with Crippen LogP contribution >= 0.6 is 0 Å². The van der Waals surface area contributed by atoms with Gasteiger partial charge in [-0.05, 0) is 24.3 Å². The number of halogens is 1. The summed E-state index contributed by atoms with van der Waals surface area (Å²) in [6, 6.07) is 6.24. The van der Waals surface area contributed by atoms with Crippen LogP contribution in [0.4, 0.5) is 10.3 Å². The zero-order valence-electron chi connectivity index (χ0n) is 9.56. The van der Waals surface area contributed by atoms with E-state index in [1.165, 1.54) is 12.1 Å². The maximum Gasteiger partial charge on any atom is 0.200 e. The molecule has 17 heavy (non-hydrogen) atoms. The van der Waals surface area contributed by atoms with Gasteiger partial charge < -0.3 is 15.0 Å². The minimum absolute atomic E-state index is 0.260. The molecule has 0 unspecified atom stereocenters. The number of nitrogens with zero attached hydrogens (tertiary/aromatic N) is 2. The number of hydrogen-bond acceptors (Lipinski definition) is 3. The van der Waals surface area contributed by atoms with Crippen LogP contribution in [0.3, 0.4) is 0 Å². The maximum atomic E-state index is 12.8. The molecule has 0 aliphatic carbocycles. The quantitative estimate of drug-likeness (QED) is 0.880. The Hall–Kier alpha value is -1.88. The molecule has 1 aromatic carbocycles. The lowest BCUT2D eigenvalue weighted by molar-refractivity contribution is 0.188. The van der Waals surface area contributed by atoms with Gasteiger partial charge in [0.1, 0.15) is 5.82 Å². The molecule has 90 valence electrons. The summed E-state index contributed by atoms with van der Waals surface area (Å²) in [6.45, 7) is 1.17. The Balaban J connectivity index is 2.34. The van der Waals surface area contributed by atoms with Crippen LogP contribution in [0.2, 0.25) is 0 Å². The van der Waals surface area contributed by atoms with Gasteiger partial charge in [-0.25, -0.2) is 9.37 Å². The first kappa shape index (κ1) is 11.6. The van der Waals surface area contributed by atoms with Gasteiger partial charge >= 0.3 is 0 Å². The number of aromatic nitrogens is 2. The predicted octanol–water partition coefficient (Wildman–Crippen LogP) is 1.92. The molecular weight excluding hydrogens is 221 g/mol. The van der Waals surface area contributed by atoms with E-state index in [4.69, 9.17) is 10.5 Å². The highest BCUT2D eigenvalue weighted by Gasteiger charge is 2.09. The average Bonchev–Trinajstić information content (AvgIpc) is 2.69. The second-order valence-electron chi connectivity index (χ2n) is 3.65. The molecule has 1 heterocycles. The number of anilines is 1. The normalized spacial score (nSPS) is 10.7. The zero-order valence-corrected chi connectivity index (χ0v) is 9.56. The number of imidazole rings is 1. The summed E-state index contributed by atoms with van der Waals surface area (Å²) in [6.07, 6.45) is 1.68. The van der Waals surface area contributed by atoms with Gasteiger partial charge in [0.05, 0.1) is 18.5 Å². The molecule has 1 aromatic heterocycles. The lowest BCUT2D eigenvalue weighted by Crippen LogP contribution is -2.09. The van der Waals surface area contributed by atoms with E-state index in [-0.39, 0.29) is 5.82 Å². The highest BCUT2D eigenvalue weighted by molar-refractivity contribution is 5.61. The van der Waals surface area contributed by atoms with Crippen molar-refractivity contribution in [2.45, 2.75) is 6.54 Å². The number of methoxy groups -OCH3 is 1. The molecule has 0 spiro atoms. The largest absolute Gasteiger partial charge is 0.383 e. The predicted molar refractivity (Wildman–Crippen MR) is 63.9 cm³/mol. The number of ether oxygens (including phenoxy) is 1. The molecule has 0 saturated heterocycles. The first-order valence-corrected chi connectivity index (χ1v) is 5.28. The van der Waals surface area contributed by atoms with Crippen LogP contribution in [0.5, 0.6) is 0 Å². The lowest BCUT2D eigenvalue weighted by atomic mass is 10.1. The van der Waals surface area contributed by atoms with Crippen LogP contribution < -0.4 is 5.73 Å². The third-order valence-electron chi connectivity index (χ3n) is 2.55. The van der Waals surface area contributed by atoms with Crippen LogP contribution in [-0.2, 0) is 11.3 Å². The summed E-state index contributed by atoms with van der Waals surface area (Å²) >= 11 is 0. The second-order valence-corrected chi connectivity index (χ2v) is 3.65. The van der Waals surface area contributed by atoms with E-state index in [0.29, 0.717) is 19.1 Å². The number of rotatable bonds is 4. The number of nitrogen functional groups attached to an aromatic ring is 1. The third-order valence-corrected chi connectivity index (χ3v) is 2.55. The van der Waals surface area contributed by atoms with Gasteiger partial charge in [0.25, 0.3) is 0 Å². The van der Waals surface area contributed by atoms with Gasteiger partial charge in [0.2, 0.25) is 5.95 Å². The van der Waals surface area contributed by atoms with E-state index in [1.54, 1.807) is 25.4 Å². The van der Waals surface area contributed by atoms with Gasteiger partial charge in [-0.1, -0.05) is 0 Å². The molecule has 2 rings (SSSR count). The molecule has 0 saturated carbocycles. The molecule has 0 amide bonds.